The van der Waals surface area contributed by atoms with Gasteiger partial charge in [-0.3, -0.25) is 0 Å². The molecule has 0 heterocycles. The van der Waals surface area contributed by atoms with Gasteiger partial charge in [-0.1, -0.05) is 13.8 Å². The lowest BCUT2D eigenvalue weighted by Crippen LogP contribution is -2.35. The molecule has 0 atom stereocenters. The Kier molecular flexibility index (Phi) is 10.9. The number of nitrogens with two attached hydrogens (primary N) is 1. The second-order valence-electron chi connectivity index (χ2n) is 3.90. The van der Waals surface area contributed by atoms with Crippen molar-refractivity contribution in [1.82, 2.24) is 4.90 Å². The Bertz CT molecular complexity index is 109. The largest absolute Gasteiger partial charge is 0.395 e. The number of aliphatic hydroxyl groups is 2. The highest BCUT2D eigenvalue weighted by molar-refractivity contribution is 4.67. The van der Waals surface area contributed by atoms with Crippen LogP contribution in [0.3, 0.4) is 0 Å². The Labute approximate surface area is 87.7 Å². The lowest BCUT2D eigenvalue weighted by Gasteiger charge is -2.15. The average molecular weight is 206 g/mol. The highest BCUT2D eigenvalue weighted by Crippen LogP contribution is 1.90. The minimum absolute atomic E-state index is 0.0486. The van der Waals surface area contributed by atoms with Crippen LogP contribution in [0.2, 0.25) is 0 Å². The summed E-state index contributed by atoms with van der Waals surface area (Å²) in [7, 11) is 0. The molecule has 4 heteroatoms. The van der Waals surface area contributed by atoms with E-state index in [0.717, 1.165) is 19.6 Å². The summed E-state index contributed by atoms with van der Waals surface area (Å²) in [6.45, 7) is 11.0. The number of hydrogen-bond donors (Lipinski definition) is 3. The Balaban J connectivity index is 0. The fourth-order valence-corrected chi connectivity index (χ4v) is 0.681. The molecule has 0 aromatic heterocycles. The van der Waals surface area contributed by atoms with Gasteiger partial charge in [0.1, 0.15) is 0 Å². The molecule has 0 aliphatic rings. The van der Waals surface area contributed by atoms with E-state index < -0.39 is 5.54 Å². The maximum Gasteiger partial charge on any atom is 0.0605 e. The van der Waals surface area contributed by atoms with Gasteiger partial charge in [-0.2, -0.15) is 0 Å². The van der Waals surface area contributed by atoms with Crippen molar-refractivity contribution in [1.29, 1.82) is 0 Å². The molecule has 0 aromatic rings. The van der Waals surface area contributed by atoms with E-state index in [-0.39, 0.29) is 13.2 Å². The fraction of sp³-hybridized carbons (Fsp3) is 1.00. The van der Waals surface area contributed by atoms with Crippen molar-refractivity contribution >= 4 is 0 Å². The maximum atomic E-state index is 8.46. The second kappa shape index (κ2) is 9.40. The number of hydrogen-bond acceptors (Lipinski definition) is 4. The Morgan fingerprint density at radius 1 is 1.14 bits per heavy atom. The topological polar surface area (TPSA) is 69.7 Å². The smallest absolute Gasteiger partial charge is 0.0605 e. The fourth-order valence-electron chi connectivity index (χ4n) is 0.681. The molecular formula is C10H26N2O2. The number of rotatable bonds is 5. The van der Waals surface area contributed by atoms with Crippen LogP contribution in [0.1, 0.15) is 27.7 Å². The third-order valence-corrected chi connectivity index (χ3v) is 1.72. The van der Waals surface area contributed by atoms with E-state index in [4.69, 9.17) is 15.9 Å². The molecule has 0 unspecified atom stereocenters. The SMILES string of the molecule is CC(C)(N)CO.CCN(CC)CCO. The number of aliphatic hydroxyl groups excluding tert-OH is 2. The molecule has 0 radical (unpaired) electrons. The summed E-state index contributed by atoms with van der Waals surface area (Å²) in [4.78, 5) is 2.18. The van der Waals surface area contributed by atoms with E-state index in [1.54, 1.807) is 13.8 Å². The van der Waals surface area contributed by atoms with Crippen LogP contribution in [0.25, 0.3) is 0 Å². The van der Waals surface area contributed by atoms with Crippen molar-refractivity contribution in [2.75, 3.05) is 32.8 Å². The molecule has 0 saturated heterocycles. The molecule has 4 nitrogen and oxygen atoms in total. The zero-order valence-electron chi connectivity index (χ0n) is 9.95. The first-order valence-electron chi connectivity index (χ1n) is 5.14. The quantitative estimate of drug-likeness (QED) is 0.594. The zero-order chi connectivity index (χ0) is 11.6. The van der Waals surface area contributed by atoms with Crippen molar-refractivity contribution in [3.05, 3.63) is 0 Å². The molecular weight excluding hydrogens is 180 g/mol. The Hall–Kier alpha value is -0.160. The third-order valence-electron chi connectivity index (χ3n) is 1.72. The molecule has 0 fully saturated rings. The average Bonchev–Trinajstić information content (AvgIpc) is 2.14. The molecule has 0 aliphatic carbocycles. The van der Waals surface area contributed by atoms with Crippen molar-refractivity contribution in [2.24, 2.45) is 5.73 Å². The third kappa shape index (κ3) is 14.4. The van der Waals surface area contributed by atoms with Gasteiger partial charge >= 0.3 is 0 Å². The summed E-state index contributed by atoms with van der Waals surface area (Å²) < 4.78 is 0. The van der Waals surface area contributed by atoms with E-state index >= 15 is 0 Å². The normalized spacial score (nSPS) is 11.1. The van der Waals surface area contributed by atoms with Crippen molar-refractivity contribution < 1.29 is 10.2 Å². The molecule has 14 heavy (non-hydrogen) atoms. The van der Waals surface area contributed by atoms with Gasteiger partial charge in [-0.25, -0.2) is 0 Å². The minimum atomic E-state index is -0.403. The van der Waals surface area contributed by atoms with Gasteiger partial charge in [0.25, 0.3) is 0 Å². The lowest BCUT2D eigenvalue weighted by atomic mass is 10.1. The monoisotopic (exact) mass is 206 g/mol. The van der Waals surface area contributed by atoms with Crippen LogP contribution in [-0.4, -0.2) is 53.5 Å². The molecule has 0 aromatic carbocycles. The van der Waals surface area contributed by atoms with E-state index in [2.05, 4.69) is 18.7 Å². The first-order chi connectivity index (χ1) is 6.41. The molecule has 88 valence electrons. The Morgan fingerprint density at radius 2 is 1.50 bits per heavy atom. The zero-order valence-corrected chi connectivity index (χ0v) is 9.95. The molecule has 0 spiro atoms. The number of likely N-dealkylation sites (N-methyl/N-ethyl adjacent to an activating group) is 1. The summed E-state index contributed by atoms with van der Waals surface area (Å²) in [5.41, 5.74) is 4.88. The first kappa shape index (κ1) is 16.3. The van der Waals surface area contributed by atoms with Crippen LogP contribution in [0.5, 0.6) is 0 Å². The molecule has 0 saturated carbocycles. The van der Waals surface area contributed by atoms with Crippen LogP contribution in [-0.2, 0) is 0 Å². The van der Waals surface area contributed by atoms with Gasteiger partial charge in [0.05, 0.1) is 13.2 Å². The van der Waals surface area contributed by atoms with Crippen molar-refractivity contribution in [3.8, 4) is 0 Å². The molecule has 0 amide bonds. The summed E-state index contributed by atoms with van der Waals surface area (Å²) >= 11 is 0. The van der Waals surface area contributed by atoms with E-state index in [1.807, 2.05) is 0 Å². The van der Waals surface area contributed by atoms with E-state index in [1.165, 1.54) is 0 Å². The Morgan fingerprint density at radius 3 is 1.57 bits per heavy atom. The highest BCUT2D eigenvalue weighted by atomic mass is 16.3. The second-order valence-corrected chi connectivity index (χ2v) is 3.90. The number of nitrogens with zero attached hydrogens (tertiary/aromatic N) is 1. The van der Waals surface area contributed by atoms with Gasteiger partial charge in [-0.05, 0) is 26.9 Å². The minimum Gasteiger partial charge on any atom is -0.395 e. The first-order valence-corrected chi connectivity index (χ1v) is 5.14. The maximum absolute atomic E-state index is 8.46. The van der Waals surface area contributed by atoms with Gasteiger partial charge in [0, 0.05) is 12.1 Å². The highest BCUT2D eigenvalue weighted by Gasteiger charge is 2.05. The molecule has 4 N–H and O–H groups in total. The van der Waals surface area contributed by atoms with Crippen LogP contribution in [0.15, 0.2) is 0 Å². The van der Waals surface area contributed by atoms with Crippen LogP contribution >= 0.6 is 0 Å². The summed E-state index contributed by atoms with van der Waals surface area (Å²) in [5, 5.41) is 16.7. The van der Waals surface area contributed by atoms with Crippen molar-refractivity contribution in [3.63, 3.8) is 0 Å². The van der Waals surface area contributed by atoms with Crippen LogP contribution in [0.4, 0.5) is 0 Å². The summed E-state index contributed by atoms with van der Waals surface area (Å²) in [5.74, 6) is 0. The van der Waals surface area contributed by atoms with E-state index in [9.17, 15) is 0 Å². The van der Waals surface area contributed by atoms with Gasteiger partial charge in [0.15, 0.2) is 0 Å². The van der Waals surface area contributed by atoms with Gasteiger partial charge in [-0.15, -0.1) is 0 Å². The summed E-state index contributed by atoms with van der Waals surface area (Å²) in [6.07, 6.45) is 0. The van der Waals surface area contributed by atoms with Gasteiger partial charge in [0.2, 0.25) is 0 Å². The van der Waals surface area contributed by atoms with Gasteiger partial charge < -0.3 is 20.8 Å². The van der Waals surface area contributed by atoms with Crippen LogP contribution < -0.4 is 5.73 Å². The van der Waals surface area contributed by atoms with Crippen molar-refractivity contribution in [2.45, 2.75) is 33.2 Å². The molecule has 0 rings (SSSR count). The lowest BCUT2D eigenvalue weighted by molar-refractivity contribution is 0.208. The van der Waals surface area contributed by atoms with Crippen LogP contribution in [0, 0.1) is 0 Å². The molecule has 0 aliphatic heterocycles. The summed E-state index contributed by atoms with van der Waals surface area (Å²) in [6, 6.07) is 0. The predicted octanol–water partition coefficient (Wildman–Crippen LogP) is 0.0365. The van der Waals surface area contributed by atoms with E-state index in [0.29, 0.717) is 0 Å². The molecule has 0 bridgehead atoms. The standard InChI is InChI=1S/C6H15NO.C4H11NO/c1-3-7(4-2)5-6-8;1-4(2,5)3-6/h8H,3-6H2,1-2H3;6H,3,5H2,1-2H3. The predicted molar refractivity (Wildman–Crippen MR) is 60.2 cm³/mol.